The fourth-order valence-corrected chi connectivity index (χ4v) is 2.67. The van der Waals surface area contributed by atoms with Gasteiger partial charge >= 0.3 is 11.9 Å². The molecule has 1 aromatic carbocycles. The molecule has 0 radical (unpaired) electrons. The summed E-state index contributed by atoms with van der Waals surface area (Å²) in [6.07, 6.45) is 3.51. The van der Waals surface area contributed by atoms with Gasteiger partial charge < -0.3 is 33.2 Å². The summed E-state index contributed by atoms with van der Waals surface area (Å²) < 4.78 is 37.4. The van der Waals surface area contributed by atoms with Crippen LogP contribution in [0.1, 0.15) is 23.0 Å². The van der Waals surface area contributed by atoms with Gasteiger partial charge in [-0.15, -0.1) is 0 Å². The molecule has 30 heavy (non-hydrogen) atoms. The second kappa shape index (κ2) is 10.5. The van der Waals surface area contributed by atoms with Gasteiger partial charge in [-0.2, -0.15) is 0 Å². The van der Waals surface area contributed by atoms with Gasteiger partial charge in [0.05, 0.1) is 7.11 Å². The van der Waals surface area contributed by atoms with Gasteiger partial charge in [-0.25, -0.2) is 15.0 Å². The number of hydrogen-bond donors (Lipinski definition) is 0. The standard InChI is InChI=1S/C20H27N3O7/c1-24-15-11-8-14(9-12-15)10-13-16-21-17(19(25-2,26-3)27-4)23-18(22-16)20(28-5,29-6)30-7/h8-13H,1-7H3. The molecule has 0 amide bonds. The van der Waals surface area contributed by atoms with Gasteiger partial charge in [0.1, 0.15) is 5.75 Å². The smallest absolute Gasteiger partial charge is 0.347 e. The lowest BCUT2D eigenvalue weighted by molar-refractivity contribution is -0.375. The van der Waals surface area contributed by atoms with E-state index in [-0.39, 0.29) is 17.5 Å². The predicted molar refractivity (Wildman–Crippen MR) is 107 cm³/mol. The number of ether oxygens (including phenoxy) is 7. The lowest BCUT2D eigenvalue weighted by atomic mass is 10.2. The Morgan fingerprint density at radius 1 is 0.600 bits per heavy atom. The minimum absolute atomic E-state index is 0.0462. The topological polar surface area (TPSA) is 103 Å². The van der Waals surface area contributed by atoms with Gasteiger partial charge in [0.25, 0.3) is 0 Å². The maximum atomic E-state index is 5.38. The van der Waals surface area contributed by atoms with Crippen LogP contribution in [0.3, 0.4) is 0 Å². The van der Waals surface area contributed by atoms with E-state index < -0.39 is 11.9 Å². The fourth-order valence-electron chi connectivity index (χ4n) is 2.67. The summed E-state index contributed by atoms with van der Waals surface area (Å²) in [5, 5.41) is 0. The van der Waals surface area contributed by atoms with Gasteiger partial charge in [-0.05, 0) is 23.8 Å². The molecule has 10 nitrogen and oxygen atoms in total. The Labute approximate surface area is 175 Å². The van der Waals surface area contributed by atoms with E-state index in [1.807, 2.05) is 30.3 Å². The van der Waals surface area contributed by atoms with Crippen LogP contribution >= 0.6 is 0 Å². The first-order valence-electron chi connectivity index (χ1n) is 8.86. The van der Waals surface area contributed by atoms with E-state index >= 15 is 0 Å². The second-order valence-corrected chi connectivity index (χ2v) is 5.78. The quantitative estimate of drug-likeness (QED) is 0.501. The van der Waals surface area contributed by atoms with Crippen LogP contribution in [0.5, 0.6) is 5.75 Å². The Morgan fingerprint density at radius 2 is 1.03 bits per heavy atom. The number of aromatic nitrogens is 3. The molecule has 164 valence electrons. The first-order valence-corrected chi connectivity index (χ1v) is 8.86. The van der Waals surface area contributed by atoms with Crippen molar-refractivity contribution in [2.75, 3.05) is 49.8 Å². The van der Waals surface area contributed by atoms with E-state index in [4.69, 9.17) is 33.2 Å². The summed E-state index contributed by atoms with van der Waals surface area (Å²) in [5.41, 5.74) is 0.910. The summed E-state index contributed by atoms with van der Waals surface area (Å²) in [4.78, 5) is 13.2. The molecule has 0 N–H and O–H groups in total. The molecule has 10 heteroatoms. The maximum absolute atomic E-state index is 5.38. The Bertz CT molecular complexity index is 780. The number of hydrogen-bond acceptors (Lipinski definition) is 10. The van der Waals surface area contributed by atoms with Crippen LogP contribution in [0.4, 0.5) is 0 Å². The van der Waals surface area contributed by atoms with Crippen molar-refractivity contribution in [3.63, 3.8) is 0 Å². The largest absolute Gasteiger partial charge is 0.497 e. The third kappa shape index (κ3) is 4.81. The maximum Gasteiger partial charge on any atom is 0.347 e. The highest BCUT2D eigenvalue weighted by atomic mass is 16.9. The van der Waals surface area contributed by atoms with Gasteiger partial charge in [0.2, 0.25) is 11.6 Å². The summed E-state index contributed by atoms with van der Waals surface area (Å²) in [5.74, 6) is -2.21. The van der Waals surface area contributed by atoms with Crippen molar-refractivity contribution in [2.45, 2.75) is 11.9 Å². The van der Waals surface area contributed by atoms with E-state index in [1.165, 1.54) is 42.7 Å². The van der Waals surface area contributed by atoms with Gasteiger partial charge in [-0.1, -0.05) is 18.2 Å². The van der Waals surface area contributed by atoms with Crippen molar-refractivity contribution in [1.29, 1.82) is 0 Å². The fraction of sp³-hybridized carbons (Fsp3) is 0.450. The van der Waals surface area contributed by atoms with Gasteiger partial charge in [-0.3, -0.25) is 0 Å². The average molecular weight is 421 g/mol. The zero-order valence-electron chi connectivity index (χ0n) is 18.2. The van der Waals surface area contributed by atoms with Crippen molar-refractivity contribution < 1.29 is 33.2 Å². The van der Waals surface area contributed by atoms with Crippen molar-refractivity contribution >= 4 is 12.2 Å². The SMILES string of the molecule is COc1ccc(C=Cc2nc(C(OC)(OC)OC)nc(C(OC)(OC)OC)n2)cc1. The summed E-state index contributed by atoms with van der Waals surface area (Å²) >= 11 is 0. The Kier molecular flexibility index (Phi) is 8.35. The lowest BCUT2D eigenvalue weighted by Crippen LogP contribution is -2.40. The van der Waals surface area contributed by atoms with Crippen molar-refractivity contribution in [1.82, 2.24) is 15.0 Å². The molecule has 1 aromatic heterocycles. The van der Waals surface area contributed by atoms with Crippen LogP contribution in [0.15, 0.2) is 24.3 Å². The average Bonchev–Trinajstić information content (AvgIpc) is 2.81. The molecule has 0 saturated heterocycles. The minimum Gasteiger partial charge on any atom is -0.497 e. The van der Waals surface area contributed by atoms with Crippen LogP contribution in [0, 0.1) is 0 Å². The minimum atomic E-state index is -1.67. The van der Waals surface area contributed by atoms with E-state index in [9.17, 15) is 0 Å². The van der Waals surface area contributed by atoms with E-state index in [0.717, 1.165) is 11.3 Å². The lowest BCUT2D eigenvalue weighted by Gasteiger charge is -2.30. The van der Waals surface area contributed by atoms with Crippen LogP contribution in [-0.2, 0) is 40.4 Å². The normalized spacial score (nSPS) is 12.5. The third-order valence-corrected chi connectivity index (χ3v) is 4.35. The third-order valence-electron chi connectivity index (χ3n) is 4.35. The number of benzene rings is 1. The monoisotopic (exact) mass is 421 g/mol. The van der Waals surface area contributed by atoms with E-state index in [1.54, 1.807) is 13.2 Å². The van der Waals surface area contributed by atoms with Crippen LogP contribution in [-0.4, -0.2) is 64.7 Å². The predicted octanol–water partition coefficient (Wildman–Crippen LogP) is 2.15. The molecule has 2 rings (SSSR count). The highest BCUT2D eigenvalue weighted by Crippen LogP contribution is 2.29. The molecule has 0 aliphatic carbocycles. The van der Waals surface area contributed by atoms with Crippen LogP contribution in [0.25, 0.3) is 12.2 Å². The van der Waals surface area contributed by atoms with E-state index in [2.05, 4.69) is 15.0 Å². The number of rotatable bonds is 11. The van der Waals surface area contributed by atoms with Crippen molar-refractivity contribution in [3.8, 4) is 5.75 Å². The molecule has 0 spiro atoms. The van der Waals surface area contributed by atoms with Crippen molar-refractivity contribution in [3.05, 3.63) is 47.3 Å². The molecule has 0 unspecified atom stereocenters. The highest BCUT2D eigenvalue weighted by Gasteiger charge is 2.42. The number of nitrogens with zero attached hydrogens (tertiary/aromatic N) is 3. The first kappa shape index (κ1) is 23.8. The van der Waals surface area contributed by atoms with Crippen LogP contribution < -0.4 is 4.74 Å². The molecule has 0 atom stereocenters. The molecule has 2 aromatic rings. The van der Waals surface area contributed by atoms with Crippen molar-refractivity contribution in [2.24, 2.45) is 0 Å². The summed E-state index contributed by atoms with van der Waals surface area (Å²) in [7, 11) is 10.0. The summed E-state index contributed by atoms with van der Waals surface area (Å²) in [6, 6.07) is 7.49. The molecule has 0 bridgehead atoms. The molecule has 0 saturated carbocycles. The highest BCUT2D eigenvalue weighted by molar-refractivity contribution is 5.66. The first-order chi connectivity index (χ1) is 14.5. The Balaban J connectivity index is 2.59. The zero-order valence-corrected chi connectivity index (χ0v) is 18.2. The summed E-state index contributed by atoms with van der Waals surface area (Å²) in [6.45, 7) is 0. The molecular formula is C20H27N3O7. The van der Waals surface area contributed by atoms with Gasteiger partial charge in [0.15, 0.2) is 5.82 Å². The molecular weight excluding hydrogens is 394 g/mol. The molecule has 1 heterocycles. The second-order valence-electron chi connectivity index (χ2n) is 5.78. The molecule has 0 aliphatic rings. The van der Waals surface area contributed by atoms with E-state index in [0.29, 0.717) is 0 Å². The molecule has 0 aliphatic heterocycles. The van der Waals surface area contributed by atoms with Gasteiger partial charge in [0, 0.05) is 42.7 Å². The van der Waals surface area contributed by atoms with Crippen LogP contribution in [0.2, 0.25) is 0 Å². The number of methoxy groups -OCH3 is 7. The Morgan fingerprint density at radius 3 is 1.40 bits per heavy atom. The molecule has 0 fully saturated rings. The zero-order chi connectivity index (χ0) is 22.2. The Hall–Kier alpha value is -2.47.